The van der Waals surface area contributed by atoms with E-state index >= 15 is 0 Å². The molecular weight excluding hydrogens is 296 g/mol. The summed E-state index contributed by atoms with van der Waals surface area (Å²) in [4.78, 5) is 4.44. The van der Waals surface area contributed by atoms with Gasteiger partial charge in [0.25, 0.3) is 0 Å². The van der Waals surface area contributed by atoms with Gasteiger partial charge in [-0.25, -0.2) is 9.67 Å². The monoisotopic (exact) mass is 310 g/mol. The topological polar surface area (TPSA) is 66.0 Å². The molecule has 2 rings (SSSR count). The summed E-state index contributed by atoms with van der Waals surface area (Å²) >= 11 is 11.0. The Morgan fingerprint density at radius 1 is 1.50 bits per heavy atom. The SMILES string of the molecule is CC(C)n1ncnc1COc1ccc(C(N)=S)c(Cl)c1. The number of aromatic nitrogens is 3. The van der Waals surface area contributed by atoms with Gasteiger partial charge in [0.2, 0.25) is 0 Å². The minimum Gasteiger partial charge on any atom is -0.486 e. The van der Waals surface area contributed by atoms with Gasteiger partial charge in [-0.3, -0.25) is 0 Å². The van der Waals surface area contributed by atoms with Crippen molar-refractivity contribution in [3.05, 3.63) is 40.9 Å². The van der Waals surface area contributed by atoms with Crippen molar-refractivity contribution in [3.63, 3.8) is 0 Å². The lowest BCUT2D eigenvalue weighted by molar-refractivity contribution is 0.282. The second-order valence-corrected chi connectivity index (χ2v) is 5.36. The first-order valence-electron chi connectivity index (χ1n) is 6.09. The first kappa shape index (κ1) is 14.7. The highest BCUT2D eigenvalue weighted by Gasteiger charge is 2.09. The summed E-state index contributed by atoms with van der Waals surface area (Å²) in [6.07, 6.45) is 1.52. The molecule has 1 aromatic heterocycles. The van der Waals surface area contributed by atoms with Gasteiger partial charge in [0.1, 0.15) is 23.7 Å². The van der Waals surface area contributed by atoms with E-state index in [1.54, 1.807) is 18.2 Å². The van der Waals surface area contributed by atoms with Crippen molar-refractivity contribution in [3.8, 4) is 5.75 Å². The number of halogens is 1. The van der Waals surface area contributed by atoms with Gasteiger partial charge in [-0.15, -0.1) is 0 Å². The van der Waals surface area contributed by atoms with Crippen LogP contribution in [0.1, 0.15) is 31.3 Å². The Labute approximate surface area is 127 Å². The molecule has 0 spiro atoms. The highest BCUT2D eigenvalue weighted by Crippen LogP contribution is 2.23. The molecular formula is C13H15ClN4OS. The Morgan fingerprint density at radius 3 is 2.85 bits per heavy atom. The second kappa shape index (κ2) is 6.19. The number of ether oxygens (including phenoxy) is 1. The molecule has 2 aromatic rings. The zero-order chi connectivity index (χ0) is 14.7. The quantitative estimate of drug-likeness (QED) is 0.860. The van der Waals surface area contributed by atoms with Crippen molar-refractivity contribution in [2.45, 2.75) is 26.5 Å². The molecule has 5 nitrogen and oxygen atoms in total. The maximum Gasteiger partial charge on any atom is 0.165 e. The van der Waals surface area contributed by atoms with Crippen LogP contribution in [0.2, 0.25) is 5.02 Å². The van der Waals surface area contributed by atoms with Gasteiger partial charge in [-0.1, -0.05) is 23.8 Å². The first-order valence-corrected chi connectivity index (χ1v) is 6.88. The molecule has 0 amide bonds. The van der Waals surface area contributed by atoms with Gasteiger partial charge in [-0.05, 0) is 32.0 Å². The van der Waals surface area contributed by atoms with E-state index in [4.69, 9.17) is 34.3 Å². The molecule has 106 valence electrons. The van der Waals surface area contributed by atoms with Crippen molar-refractivity contribution in [1.82, 2.24) is 14.8 Å². The van der Waals surface area contributed by atoms with Gasteiger partial charge < -0.3 is 10.5 Å². The number of nitrogens with zero attached hydrogens (tertiary/aromatic N) is 3. The molecule has 0 aliphatic heterocycles. The normalized spacial score (nSPS) is 10.8. The predicted molar refractivity (Wildman–Crippen MR) is 82.1 cm³/mol. The number of benzene rings is 1. The summed E-state index contributed by atoms with van der Waals surface area (Å²) in [5.41, 5.74) is 6.19. The van der Waals surface area contributed by atoms with Crippen LogP contribution in [0.5, 0.6) is 5.75 Å². The molecule has 0 aliphatic carbocycles. The Hall–Kier alpha value is -1.66. The van der Waals surface area contributed by atoms with Crippen LogP contribution >= 0.6 is 23.8 Å². The summed E-state index contributed by atoms with van der Waals surface area (Å²) in [5.74, 6) is 1.39. The lowest BCUT2D eigenvalue weighted by Gasteiger charge is -2.11. The summed E-state index contributed by atoms with van der Waals surface area (Å²) in [6, 6.07) is 5.44. The largest absolute Gasteiger partial charge is 0.486 e. The summed E-state index contributed by atoms with van der Waals surface area (Å²) in [6.45, 7) is 4.39. The molecule has 0 saturated heterocycles. The first-order chi connectivity index (χ1) is 9.49. The second-order valence-electron chi connectivity index (χ2n) is 4.51. The van der Waals surface area contributed by atoms with E-state index in [0.29, 0.717) is 22.9 Å². The molecule has 0 saturated carbocycles. The Balaban J connectivity index is 2.09. The molecule has 0 aliphatic rings. The minimum absolute atomic E-state index is 0.233. The average Bonchev–Trinajstić information content (AvgIpc) is 2.84. The maximum absolute atomic E-state index is 6.09. The van der Waals surface area contributed by atoms with Crippen LogP contribution in [0, 0.1) is 0 Å². The maximum atomic E-state index is 6.09. The van der Waals surface area contributed by atoms with E-state index in [0.717, 1.165) is 5.82 Å². The molecule has 0 radical (unpaired) electrons. The Bertz CT molecular complexity index is 627. The van der Waals surface area contributed by atoms with Crippen molar-refractivity contribution in [2.75, 3.05) is 0 Å². The average molecular weight is 311 g/mol. The Morgan fingerprint density at radius 2 is 2.25 bits per heavy atom. The van der Waals surface area contributed by atoms with Crippen LogP contribution in [0.3, 0.4) is 0 Å². The molecule has 0 fully saturated rings. The molecule has 2 N–H and O–H groups in total. The number of rotatable bonds is 5. The van der Waals surface area contributed by atoms with Crippen LogP contribution in [0.4, 0.5) is 0 Å². The van der Waals surface area contributed by atoms with Gasteiger partial charge in [0.15, 0.2) is 5.82 Å². The fraction of sp³-hybridized carbons (Fsp3) is 0.308. The van der Waals surface area contributed by atoms with E-state index in [2.05, 4.69) is 10.1 Å². The van der Waals surface area contributed by atoms with Crippen LogP contribution in [0.15, 0.2) is 24.5 Å². The zero-order valence-corrected chi connectivity index (χ0v) is 12.8. The summed E-state index contributed by atoms with van der Waals surface area (Å²) in [7, 11) is 0. The van der Waals surface area contributed by atoms with Crippen LogP contribution in [-0.2, 0) is 6.61 Å². The van der Waals surface area contributed by atoms with Crippen LogP contribution in [0.25, 0.3) is 0 Å². The standard InChI is InChI=1S/C13H15ClN4OS/c1-8(2)18-12(16-7-17-18)6-19-9-3-4-10(13(15)20)11(14)5-9/h3-5,7-8H,6H2,1-2H3,(H2,15,20). The smallest absolute Gasteiger partial charge is 0.165 e. The van der Waals surface area contributed by atoms with E-state index < -0.39 is 0 Å². The molecule has 0 unspecified atom stereocenters. The van der Waals surface area contributed by atoms with Crippen molar-refractivity contribution >= 4 is 28.8 Å². The third-order valence-corrected chi connectivity index (χ3v) is 3.24. The van der Waals surface area contributed by atoms with E-state index in [1.165, 1.54) is 6.33 Å². The van der Waals surface area contributed by atoms with E-state index in [-0.39, 0.29) is 11.0 Å². The summed E-state index contributed by atoms with van der Waals surface area (Å²) < 4.78 is 7.48. The number of nitrogens with two attached hydrogens (primary N) is 1. The fourth-order valence-corrected chi connectivity index (χ4v) is 2.25. The summed E-state index contributed by atoms with van der Waals surface area (Å²) in [5, 5.41) is 4.62. The van der Waals surface area contributed by atoms with Gasteiger partial charge in [0.05, 0.1) is 5.02 Å². The number of hydrogen-bond acceptors (Lipinski definition) is 4. The molecule has 0 atom stereocenters. The van der Waals surface area contributed by atoms with Crippen molar-refractivity contribution in [2.24, 2.45) is 5.73 Å². The predicted octanol–water partition coefficient (Wildman–Crippen LogP) is 2.73. The van der Waals surface area contributed by atoms with Gasteiger partial charge >= 0.3 is 0 Å². The van der Waals surface area contributed by atoms with Crippen LogP contribution < -0.4 is 10.5 Å². The van der Waals surface area contributed by atoms with Crippen LogP contribution in [-0.4, -0.2) is 19.8 Å². The molecule has 20 heavy (non-hydrogen) atoms. The lowest BCUT2D eigenvalue weighted by atomic mass is 10.2. The highest BCUT2D eigenvalue weighted by atomic mass is 35.5. The number of thiocarbonyl (C=S) groups is 1. The lowest BCUT2D eigenvalue weighted by Crippen LogP contribution is -2.11. The van der Waals surface area contributed by atoms with Crippen molar-refractivity contribution < 1.29 is 4.74 Å². The fourth-order valence-electron chi connectivity index (χ4n) is 1.74. The molecule has 7 heteroatoms. The van der Waals surface area contributed by atoms with Gasteiger partial charge in [-0.2, -0.15) is 5.10 Å². The third-order valence-electron chi connectivity index (χ3n) is 2.71. The highest BCUT2D eigenvalue weighted by molar-refractivity contribution is 7.80. The van der Waals surface area contributed by atoms with E-state index in [1.807, 2.05) is 18.5 Å². The minimum atomic E-state index is 0.233. The molecule has 0 bridgehead atoms. The Kier molecular flexibility index (Phi) is 4.57. The molecule has 1 heterocycles. The third kappa shape index (κ3) is 3.26. The van der Waals surface area contributed by atoms with Crippen molar-refractivity contribution in [1.29, 1.82) is 0 Å². The zero-order valence-electron chi connectivity index (χ0n) is 11.2. The molecule has 1 aromatic carbocycles. The van der Waals surface area contributed by atoms with E-state index in [9.17, 15) is 0 Å². The van der Waals surface area contributed by atoms with Gasteiger partial charge in [0, 0.05) is 11.6 Å². The number of hydrogen-bond donors (Lipinski definition) is 1.